The van der Waals surface area contributed by atoms with Crippen molar-refractivity contribution in [3.8, 4) is 11.4 Å². The summed E-state index contributed by atoms with van der Waals surface area (Å²) in [6, 6.07) is 2.59. The number of rotatable bonds is 5. The second kappa shape index (κ2) is 7.79. The van der Waals surface area contributed by atoms with Crippen LogP contribution in [0.4, 0.5) is 24.8 Å². The van der Waals surface area contributed by atoms with Crippen molar-refractivity contribution in [2.45, 2.75) is 49.9 Å². The molecule has 3 aromatic rings. The van der Waals surface area contributed by atoms with Gasteiger partial charge < -0.3 is 15.5 Å². The van der Waals surface area contributed by atoms with E-state index in [0.717, 1.165) is 48.0 Å². The fraction of sp³-hybridized carbons (Fsp3) is 0.478. The number of alkyl halides is 3. The molecular formula is C23H24F3N7. The minimum Gasteiger partial charge on any atom is -0.367 e. The van der Waals surface area contributed by atoms with Crippen molar-refractivity contribution in [2.75, 3.05) is 29.9 Å². The monoisotopic (exact) mass is 455 g/mol. The summed E-state index contributed by atoms with van der Waals surface area (Å²) in [4.78, 5) is 20.2. The quantitative estimate of drug-likeness (QED) is 0.605. The smallest absolute Gasteiger partial charge is 0.367 e. The molecular weight excluding hydrogens is 431 g/mol. The van der Waals surface area contributed by atoms with Gasteiger partial charge in [0.05, 0.1) is 11.7 Å². The summed E-state index contributed by atoms with van der Waals surface area (Å²) in [7, 11) is 0. The summed E-state index contributed by atoms with van der Waals surface area (Å²) < 4.78 is 40.5. The lowest BCUT2D eigenvalue weighted by Gasteiger charge is -2.36. The minimum absolute atomic E-state index is 0.188. The van der Waals surface area contributed by atoms with Crippen LogP contribution in [0.25, 0.3) is 22.3 Å². The maximum absolute atomic E-state index is 13.5. The van der Waals surface area contributed by atoms with E-state index < -0.39 is 12.2 Å². The number of anilines is 2. The zero-order chi connectivity index (χ0) is 22.6. The summed E-state index contributed by atoms with van der Waals surface area (Å²) in [5, 5.41) is 6.79. The molecule has 6 rings (SSSR count). The first kappa shape index (κ1) is 20.6. The van der Waals surface area contributed by atoms with Crippen molar-refractivity contribution in [1.82, 2.24) is 25.3 Å². The Balaban J connectivity index is 1.46. The van der Waals surface area contributed by atoms with Gasteiger partial charge in [-0.1, -0.05) is 0 Å². The predicted molar refractivity (Wildman–Crippen MR) is 119 cm³/mol. The zero-order valence-electron chi connectivity index (χ0n) is 17.9. The Bertz CT molecular complexity index is 1190. The molecule has 3 aliphatic rings. The van der Waals surface area contributed by atoms with E-state index in [9.17, 15) is 13.2 Å². The topological polar surface area (TPSA) is 78.9 Å². The molecule has 7 nitrogen and oxygen atoms in total. The lowest BCUT2D eigenvalue weighted by atomic mass is 10.1. The summed E-state index contributed by atoms with van der Waals surface area (Å²) in [5.41, 5.74) is 2.47. The first-order chi connectivity index (χ1) is 16.0. The third-order valence-corrected chi connectivity index (χ3v) is 6.45. The van der Waals surface area contributed by atoms with E-state index in [1.165, 1.54) is 0 Å². The molecule has 4 heterocycles. The molecule has 3 aromatic heterocycles. The molecule has 1 unspecified atom stereocenters. The van der Waals surface area contributed by atoms with Gasteiger partial charge in [0.25, 0.3) is 0 Å². The number of nitrogens with zero attached hydrogens (tertiary/aromatic N) is 5. The molecule has 172 valence electrons. The molecule has 0 spiro atoms. The zero-order valence-corrected chi connectivity index (χ0v) is 17.9. The van der Waals surface area contributed by atoms with Crippen LogP contribution in [0.15, 0.2) is 30.7 Å². The van der Waals surface area contributed by atoms with Crippen LogP contribution in [0.1, 0.15) is 37.2 Å². The number of halogens is 3. The van der Waals surface area contributed by atoms with Crippen LogP contribution in [0.2, 0.25) is 0 Å². The van der Waals surface area contributed by atoms with Gasteiger partial charge in [-0.15, -0.1) is 0 Å². The first-order valence-corrected chi connectivity index (χ1v) is 11.4. The largest absolute Gasteiger partial charge is 0.405 e. The molecule has 10 heteroatoms. The third kappa shape index (κ3) is 4.19. The van der Waals surface area contributed by atoms with Gasteiger partial charge in [0.15, 0.2) is 5.82 Å². The Labute approximate surface area is 188 Å². The van der Waals surface area contributed by atoms with Crippen molar-refractivity contribution in [3.05, 3.63) is 36.3 Å². The number of hydrogen-bond acceptors (Lipinski definition) is 7. The van der Waals surface area contributed by atoms with Crippen molar-refractivity contribution >= 4 is 22.5 Å². The van der Waals surface area contributed by atoms with Crippen molar-refractivity contribution in [1.29, 1.82) is 0 Å². The highest BCUT2D eigenvalue weighted by molar-refractivity contribution is 5.94. The van der Waals surface area contributed by atoms with E-state index in [-0.39, 0.29) is 13.1 Å². The third-order valence-electron chi connectivity index (χ3n) is 6.45. The molecule has 2 N–H and O–H groups in total. The molecule has 1 atom stereocenters. The van der Waals surface area contributed by atoms with Crippen molar-refractivity contribution in [3.63, 3.8) is 0 Å². The lowest BCUT2D eigenvalue weighted by Crippen LogP contribution is -2.57. The minimum atomic E-state index is -4.32. The SMILES string of the molecule is FC(F)(F)C1CN(c2nc(-c3ccnc(NC4CC4)c3)nc3cncc(C4CC4)c23)CCN1. The van der Waals surface area contributed by atoms with Gasteiger partial charge in [-0.25, -0.2) is 15.0 Å². The normalized spacial score (nSPS) is 21.4. The molecule has 0 amide bonds. The molecule has 2 saturated carbocycles. The second-order valence-corrected chi connectivity index (χ2v) is 9.11. The highest BCUT2D eigenvalue weighted by Crippen LogP contribution is 2.45. The Morgan fingerprint density at radius 2 is 1.94 bits per heavy atom. The van der Waals surface area contributed by atoms with Crippen LogP contribution in [-0.4, -0.2) is 57.8 Å². The van der Waals surface area contributed by atoms with E-state index >= 15 is 0 Å². The molecule has 3 fully saturated rings. The summed E-state index contributed by atoms with van der Waals surface area (Å²) in [5.74, 6) is 2.15. The Hall–Kier alpha value is -3.01. The van der Waals surface area contributed by atoms with Gasteiger partial charge in [0.2, 0.25) is 0 Å². The Kier molecular flexibility index (Phi) is 4.86. The van der Waals surface area contributed by atoms with Crippen LogP contribution >= 0.6 is 0 Å². The van der Waals surface area contributed by atoms with Gasteiger partial charge in [-0.3, -0.25) is 4.98 Å². The number of aromatic nitrogens is 4. The number of piperazine rings is 1. The van der Waals surface area contributed by atoms with E-state index in [4.69, 9.17) is 9.97 Å². The summed E-state index contributed by atoms with van der Waals surface area (Å²) >= 11 is 0. The average Bonchev–Trinajstić information content (AvgIpc) is 3.73. The van der Waals surface area contributed by atoms with E-state index in [2.05, 4.69) is 20.6 Å². The fourth-order valence-electron chi connectivity index (χ4n) is 4.40. The van der Waals surface area contributed by atoms with Crippen LogP contribution in [-0.2, 0) is 0 Å². The van der Waals surface area contributed by atoms with E-state index in [1.54, 1.807) is 17.3 Å². The van der Waals surface area contributed by atoms with Gasteiger partial charge in [-0.05, 0) is 49.3 Å². The summed E-state index contributed by atoms with van der Waals surface area (Å²) in [6.07, 6.45) is 5.24. The average molecular weight is 455 g/mol. The maximum atomic E-state index is 13.5. The molecule has 33 heavy (non-hydrogen) atoms. The van der Waals surface area contributed by atoms with Gasteiger partial charge in [0, 0.05) is 49.0 Å². The number of nitrogens with one attached hydrogen (secondary N) is 2. The summed E-state index contributed by atoms with van der Waals surface area (Å²) in [6.45, 7) is 0.487. The number of hydrogen-bond donors (Lipinski definition) is 2. The highest BCUT2D eigenvalue weighted by Gasteiger charge is 2.42. The van der Waals surface area contributed by atoms with Crippen molar-refractivity contribution in [2.24, 2.45) is 0 Å². The molecule has 1 aliphatic heterocycles. The van der Waals surface area contributed by atoms with E-state index in [1.807, 2.05) is 18.3 Å². The van der Waals surface area contributed by atoms with Crippen LogP contribution < -0.4 is 15.5 Å². The molecule has 0 bridgehead atoms. The Morgan fingerprint density at radius 1 is 1.09 bits per heavy atom. The van der Waals surface area contributed by atoms with Crippen LogP contribution in [0, 0.1) is 0 Å². The molecule has 0 aromatic carbocycles. The Morgan fingerprint density at radius 3 is 2.70 bits per heavy atom. The van der Waals surface area contributed by atoms with Crippen LogP contribution in [0.3, 0.4) is 0 Å². The lowest BCUT2D eigenvalue weighted by molar-refractivity contribution is -0.155. The van der Waals surface area contributed by atoms with Crippen molar-refractivity contribution < 1.29 is 13.2 Å². The highest BCUT2D eigenvalue weighted by atomic mass is 19.4. The number of fused-ring (bicyclic) bond motifs is 1. The van der Waals surface area contributed by atoms with Gasteiger partial charge in [0.1, 0.15) is 17.7 Å². The molecule has 0 radical (unpaired) electrons. The van der Waals surface area contributed by atoms with Crippen LogP contribution in [0.5, 0.6) is 0 Å². The fourth-order valence-corrected chi connectivity index (χ4v) is 4.40. The van der Waals surface area contributed by atoms with Gasteiger partial charge >= 0.3 is 6.18 Å². The molecule has 2 aliphatic carbocycles. The first-order valence-electron chi connectivity index (χ1n) is 11.4. The second-order valence-electron chi connectivity index (χ2n) is 9.11. The molecule has 1 saturated heterocycles. The number of pyridine rings is 2. The predicted octanol–water partition coefficient (Wildman–Crippen LogP) is 3.88. The maximum Gasteiger partial charge on any atom is 0.405 e. The van der Waals surface area contributed by atoms with E-state index in [0.29, 0.717) is 35.7 Å². The van der Waals surface area contributed by atoms with Gasteiger partial charge in [-0.2, -0.15) is 13.2 Å². The standard InChI is InChI=1S/C23H24F3N7/c24-23(25,26)18-12-33(8-7-28-18)22-20-16(13-1-2-13)10-27-11-17(20)31-21(32-22)14-5-6-29-19(9-14)30-15-3-4-15/h5-6,9-11,13,15,18,28H,1-4,7-8,12H2,(H,29,30).